The summed E-state index contributed by atoms with van der Waals surface area (Å²) in [5.41, 5.74) is -0.613. The number of nitrogens with zero attached hydrogens (tertiary/aromatic N) is 1. The number of benzene rings is 2. The number of hydrogen-bond acceptors (Lipinski definition) is 5. The van der Waals surface area contributed by atoms with Gasteiger partial charge in [0.2, 0.25) is 10.0 Å². The van der Waals surface area contributed by atoms with Crippen molar-refractivity contribution in [2.45, 2.75) is 31.2 Å². The van der Waals surface area contributed by atoms with Crippen molar-refractivity contribution in [2.24, 2.45) is 0 Å². The lowest BCUT2D eigenvalue weighted by molar-refractivity contribution is -0.384. The second-order valence-electron chi connectivity index (χ2n) is 6.76. The van der Waals surface area contributed by atoms with Crippen molar-refractivity contribution < 1.29 is 18.1 Å². The predicted molar refractivity (Wildman–Crippen MR) is 103 cm³/mol. The molecule has 0 spiro atoms. The summed E-state index contributed by atoms with van der Waals surface area (Å²) < 4.78 is 27.1. The molecule has 0 saturated carbocycles. The number of rotatable bonds is 5. The Hall–Kier alpha value is -2.49. The van der Waals surface area contributed by atoms with Gasteiger partial charge in [0.25, 0.3) is 11.6 Å². The fourth-order valence-electron chi connectivity index (χ4n) is 2.18. The van der Waals surface area contributed by atoms with Gasteiger partial charge in [-0.25, -0.2) is 13.1 Å². The Kier molecular flexibility index (Phi) is 5.88. The molecule has 2 aromatic carbocycles. The van der Waals surface area contributed by atoms with Crippen LogP contribution in [0.3, 0.4) is 0 Å². The van der Waals surface area contributed by atoms with Gasteiger partial charge < -0.3 is 5.32 Å². The van der Waals surface area contributed by atoms with Gasteiger partial charge in [0.1, 0.15) is 5.02 Å². The molecule has 0 bridgehead atoms. The Morgan fingerprint density at radius 1 is 1.11 bits per heavy atom. The number of nitro benzene ring substituents is 1. The number of sulfonamides is 1. The van der Waals surface area contributed by atoms with E-state index in [-0.39, 0.29) is 21.2 Å². The largest absolute Gasteiger partial charge is 0.322 e. The monoisotopic (exact) mass is 411 g/mol. The number of anilines is 1. The third-order valence-electron chi connectivity index (χ3n) is 3.27. The minimum atomic E-state index is -3.69. The number of amides is 1. The molecule has 27 heavy (non-hydrogen) atoms. The fraction of sp³-hybridized carbons (Fsp3) is 0.235. The molecule has 0 aliphatic rings. The molecule has 0 saturated heterocycles. The van der Waals surface area contributed by atoms with Crippen LogP contribution in [0.15, 0.2) is 47.4 Å². The normalized spacial score (nSPS) is 11.9. The molecule has 2 N–H and O–H groups in total. The van der Waals surface area contributed by atoms with Crippen LogP contribution in [0.2, 0.25) is 5.02 Å². The topological polar surface area (TPSA) is 118 Å². The minimum absolute atomic E-state index is 0.0530. The van der Waals surface area contributed by atoms with Gasteiger partial charge in [-0.3, -0.25) is 14.9 Å². The van der Waals surface area contributed by atoms with E-state index in [4.69, 9.17) is 11.6 Å². The van der Waals surface area contributed by atoms with E-state index in [1.54, 1.807) is 20.8 Å². The molecule has 2 aromatic rings. The number of nitrogens with one attached hydrogen (secondary N) is 2. The summed E-state index contributed by atoms with van der Waals surface area (Å²) in [7, 11) is -3.69. The van der Waals surface area contributed by atoms with E-state index >= 15 is 0 Å². The third kappa shape index (κ3) is 5.49. The minimum Gasteiger partial charge on any atom is -0.322 e. The van der Waals surface area contributed by atoms with Gasteiger partial charge in [0.15, 0.2) is 0 Å². The smallest absolute Gasteiger partial charge is 0.288 e. The molecule has 10 heteroatoms. The van der Waals surface area contributed by atoms with Crippen LogP contribution in [0, 0.1) is 10.1 Å². The van der Waals surface area contributed by atoms with E-state index in [9.17, 15) is 23.3 Å². The van der Waals surface area contributed by atoms with Crippen LogP contribution >= 0.6 is 11.6 Å². The van der Waals surface area contributed by atoms with Crippen molar-refractivity contribution in [3.63, 3.8) is 0 Å². The summed E-state index contributed by atoms with van der Waals surface area (Å²) >= 11 is 5.73. The number of carbonyl (C=O) groups excluding carboxylic acids is 1. The van der Waals surface area contributed by atoms with Gasteiger partial charge >= 0.3 is 0 Å². The fourth-order valence-corrected chi connectivity index (χ4v) is 3.78. The summed E-state index contributed by atoms with van der Waals surface area (Å²) in [5, 5.41) is 13.4. The lowest BCUT2D eigenvalue weighted by atomic mass is 10.1. The van der Waals surface area contributed by atoms with E-state index in [2.05, 4.69) is 10.0 Å². The van der Waals surface area contributed by atoms with Crippen molar-refractivity contribution >= 4 is 38.9 Å². The zero-order valence-corrected chi connectivity index (χ0v) is 16.4. The Bertz CT molecular complexity index is 983. The summed E-state index contributed by atoms with van der Waals surface area (Å²) in [6, 6.07) is 9.27. The highest BCUT2D eigenvalue weighted by Crippen LogP contribution is 2.25. The number of halogens is 1. The maximum atomic E-state index is 12.3. The average molecular weight is 412 g/mol. The van der Waals surface area contributed by atoms with Gasteiger partial charge in [-0.1, -0.05) is 11.6 Å². The lowest BCUT2D eigenvalue weighted by Gasteiger charge is -2.20. The quantitative estimate of drug-likeness (QED) is 0.575. The van der Waals surface area contributed by atoms with Gasteiger partial charge in [-0.05, 0) is 57.2 Å². The second-order valence-corrected chi connectivity index (χ2v) is 8.85. The highest BCUT2D eigenvalue weighted by Gasteiger charge is 2.22. The van der Waals surface area contributed by atoms with Crippen molar-refractivity contribution in [3.05, 3.63) is 63.2 Å². The standard InChI is InChI=1S/C17H18ClN3O5S/c1-17(2,3)20-27(25,26)13-7-5-12(6-8-13)19-16(22)11-4-9-14(18)15(10-11)21(23)24/h4-10,20H,1-3H3,(H,19,22). The van der Waals surface area contributed by atoms with Crippen LogP contribution in [-0.2, 0) is 10.0 Å². The Morgan fingerprint density at radius 2 is 1.70 bits per heavy atom. The molecule has 2 rings (SSSR count). The van der Waals surface area contributed by atoms with Crippen LogP contribution in [0.5, 0.6) is 0 Å². The molecule has 1 amide bonds. The first-order valence-corrected chi connectivity index (χ1v) is 9.64. The van der Waals surface area contributed by atoms with Gasteiger partial charge in [0, 0.05) is 22.9 Å². The summed E-state index contributed by atoms with van der Waals surface area (Å²) in [6.45, 7) is 5.18. The van der Waals surface area contributed by atoms with Crippen LogP contribution < -0.4 is 10.0 Å². The summed E-state index contributed by atoms with van der Waals surface area (Å²) in [6.07, 6.45) is 0. The molecule has 0 heterocycles. The van der Waals surface area contributed by atoms with E-state index in [1.807, 2.05) is 0 Å². The first-order valence-electron chi connectivity index (χ1n) is 7.78. The number of carbonyl (C=O) groups is 1. The zero-order chi connectivity index (χ0) is 20.4. The van der Waals surface area contributed by atoms with Gasteiger partial charge in [-0.15, -0.1) is 0 Å². The zero-order valence-electron chi connectivity index (χ0n) is 14.8. The van der Waals surface area contributed by atoms with Crippen molar-refractivity contribution in [2.75, 3.05) is 5.32 Å². The number of hydrogen-bond donors (Lipinski definition) is 2. The Labute approximate surface area is 161 Å². The molecule has 0 unspecified atom stereocenters. The molecule has 0 aliphatic carbocycles. The average Bonchev–Trinajstić information content (AvgIpc) is 2.53. The van der Waals surface area contributed by atoms with E-state index in [0.29, 0.717) is 5.69 Å². The first kappa shape index (κ1) is 20.8. The molecule has 0 atom stereocenters. The van der Waals surface area contributed by atoms with Crippen LogP contribution in [-0.4, -0.2) is 24.8 Å². The third-order valence-corrected chi connectivity index (χ3v) is 5.36. The van der Waals surface area contributed by atoms with Crippen LogP contribution in [0.25, 0.3) is 0 Å². The Balaban J connectivity index is 2.18. The SMILES string of the molecule is CC(C)(C)NS(=O)(=O)c1ccc(NC(=O)c2ccc(Cl)c([N+](=O)[O-])c2)cc1. The maximum absolute atomic E-state index is 12.3. The maximum Gasteiger partial charge on any atom is 0.288 e. The van der Waals surface area contributed by atoms with Crippen molar-refractivity contribution in [3.8, 4) is 0 Å². The van der Waals surface area contributed by atoms with E-state index in [1.165, 1.54) is 36.4 Å². The first-order chi connectivity index (χ1) is 12.4. The molecular weight excluding hydrogens is 394 g/mol. The van der Waals surface area contributed by atoms with Crippen LogP contribution in [0.4, 0.5) is 11.4 Å². The second kappa shape index (κ2) is 7.63. The molecule has 0 fully saturated rings. The summed E-state index contributed by atoms with van der Waals surface area (Å²) in [4.78, 5) is 22.5. The van der Waals surface area contributed by atoms with Crippen molar-refractivity contribution in [1.29, 1.82) is 0 Å². The molecule has 0 aliphatic heterocycles. The molecule has 144 valence electrons. The van der Waals surface area contributed by atoms with Gasteiger partial charge in [0.05, 0.1) is 9.82 Å². The lowest BCUT2D eigenvalue weighted by Crippen LogP contribution is -2.40. The molecule has 0 radical (unpaired) electrons. The van der Waals surface area contributed by atoms with E-state index in [0.717, 1.165) is 6.07 Å². The molecule has 8 nitrogen and oxygen atoms in total. The number of nitro groups is 1. The Morgan fingerprint density at radius 3 is 2.22 bits per heavy atom. The van der Waals surface area contributed by atoms with Gasteiger partial charge in [-0.2, -0.15) is 0 Å². The molecule has 0 aromatic heterocycles. The molecular formula is C17H18ClN3O5S. The highest BCUT2D eigenvalue weighted by molar-refractivity contribution is 7.89. The highest BCUT2D eigenvalue weighted by atomic mass is 35.5. The predicted octanol–water partition coefficient (Wildman–Crippen LogP) is 3.58. The summed E-state index contributed by atoms with van der Waals surface area (Å²) in [5.74, 6) is -0.585. The van der Waals surface area contributed by atoms with Crippen molar-refractivity contribution in [1.82, 2.24) is 4.72 Å². The van der Waals surface area contributed by atoms with E-state index < -0.39 is 26.4 Å². The van der Waals surface area contributed by atoms with Crippen LogP contribution in [0.1, 0.15) is 31.1 Å².